The quantitative estimate of drug-likeness (QED) is 0.764. The van der Waals surface area contributed by atoms with Crippen LogP contribution in [0.1, 0.15) is 31.2 Å². The Balaban J connectivity index is 1.32. The maximum atomic E-state index is 13.0. The van der Waals surface area contributed by atoms with Gasteiger partial charge in [0, 0.05) is 43.5 Å². The van der Waals surface area contributed by atoms with Gasteiger partial charge in [-0.2, -0.15) is 0 Å². The maximum absolute atomic E-state index is 13.0. The Bertz CT molecular complexity index is 995. The Hall–Kier alpha value is -2.60. The lowest BCUT2D eigenvalue weighted by Crippen LogP contribution is -2.57. The number of H-pyrrole nitrogens is 1. The number of hydrogen-bond acceptors (Lipinski definition) is 3. The summed E-state index contributed by atoms with van der Waals surface area (Å²) in [5.74, 6) is 0.206. The lowest BCUT2D eigenvalue weighted by Gasteiger charge is -2.50. The van der Waals surface area contributed by atoms with E-state index in [-0.39, 0.29) is 11.4 Å². The molecule has 2 aromatic heterocycles. The van der Waals surface area contributed by atoms with Crippen LogP contribution in [0.15, 0.2) is 42.9 Å². The number of benzene rings is 1. The van der Waals surface area contributed by atoms with Crippen LogP contribution in [0.4, 0.5) is 0 Å². The second-order valence-corrected chi connectivity index (χ2v) is 7.97. The van der Waals surface area contributed by atoms with Crippen molar-refractivity contribution in [3.8, 4) is 0 Å². The number of aromatic nitrogens is 3. The Morgan fingerprint density at radius 1 is 1.18 bits per heavy atom. The predicted molar refractivity (Wildman–Crippen MR) is 109 cm³/mol. The fourth-order valence-electron chi connectivity index (χ4n) is 5.19. The third-order valence-electron chi connectivity index (χ3n) is 6.71. The molecule has 146 valence electrons. The molecule has 6 heteroatoms. The highest BCUT2D eigenvalue weighted by Crippen LogP contribution is 2.42. The van der Waals surface area contributed by atoms with E-state index in [1.165, 1.54) is 16.8 Å². The van der Waals surface area contributed by atoms with Crippen LogP contribution < -0.4 is 0 Å². The summed E-state index contributed by atoms with van der Waals surface area (Å²) in [6, 6.07) is 10.3. The van der Waals surface area contributed by atoms with Crippen LogP contribution in [-0.2, 0) is 23.3 Å². The minimum absolute atomic E-state index is 0.0146. The number of nitrogens with zero attached hydrogens (tertiary/aromatic N) is 4. The molecule has 0 radical (unpaired) electrons. The Morgan fingerprint density at radius 3 is 2.82 bits per heavy atom. The molecule has 1 amide bonds. The van der Waals surface area contributed by atoms with Gasteiger partial charge in [-0.1, -0.05) is 25.1 Å². The van der Waals surface area contributed by atoms with Crippen LogP contribution in [-0.4, -0.2) is 56.4 Å². The number of imidazole rings is 1. The number of hydrogen-bond donors (Lipinski definition) is 1. The van der Waals surface area contributed by atoms with Crippen LogP contribution in [0.5, 0.6) is 0 Å². The summed E-state index contributed by atoms with van der Waals surface area (Å²) in [7, 11) is 0. The Labute approximate surface area is 165 Å². The average Bonchev–Trinajstić information content (AvgIpc) is 3.37. The van der Waals surface area contributed by atoms with Gasteiger partial charge < -0.3 is 14.5 Å². The second kappa shape index (κ2) is 6.78. The molecule has 2 aliphatic rings. The second-order valence-electron chi connectivity index (χ2n) is 7.97. The van der Waals surface area contributed by atoms with E-state index in [9.17, 15) is 4.79 Å². The number of carbonyl (C=O) groups excluding carboxylic acids is 1. The first kappa shape index (κ1) is 17.5. The largest absolute Gasteiger partial charge is 0.348 e. The molecular weight excluding hydrogens is 350 g/mol. The van der Waals surface area contributed by atoms with Crippen molar-refractivity contribution >= 4 is 16.8 Å². The summed E-state index contributed by atoms with van der Waals surface area (Å²) in [4.78, 5) is 25.6. The van der Waals surface area contributed by atoms with E-state index in [4.69, 9.17) is 4.98 Å². The molecule has 5 rings (SSSR count). The van der Waals surface area contributed by atoms with Crippen LogP contribution in [0.2, 0.25) is 0 Å². The molecule has 3 aromatic rings. The molecule has 28 heavy (non-hydrogen) atoms. The fraction of sp³-hybridized carbons (Fsp3) is 0.455. The molecule has 1 N–H and O–H groups in total. The van der Waals surface area contributed by atoms with Crippen molar-refractivity contribution in [3.63, 3.8) is 0 Å². The van der Waals surface area contributed by atoms with E-state index in [1.54, 1.807) is 0 Å². The van der Waals surface area contributed by atoms with E-state index in [1.807, 2.05) is 29.6 Å². The molecule has 0 aliphatic carbocycles. The van der Waals surface area contributed by atoms with Gasteiger partial charge in [0.1, 0.15) is 6.54 Å². The van der Waals surface area contributed by atoms with Gasteiger partial charge in [-0.15, -0.1) is 0 Å². The van der Waals surface area contributed by atoms with Crippen LogP contribution in [0.25, 0.3) is 10.9 Å². The number of fused-ring (bicyclic) bond motifs is 3. The number of likely N-dealkylation sites (tertiary alicyclic amines) is 1. The smallest absolute Gasteiger partial charge is 0.242 e. The van der Waals surface area contributed by atoms with Gasteiger partial charge in [0.15, 0.2) is 0 Å². The summed E-state index contributed by atoms with van der Waals surface area (Å²) in [6.45, 7) is 6.31. The monoisotopic (exact) mass is 377 g/mol. The third kappa shape index (κ3) is 2.66. The maximum Gasteiger partial charge on any atom is 0.242 e. The molecule has 0 saturated carbocycles. The van der Waals surface area contributed by atoms with Crippen molar-refractivity contribution in [2.45, 2.75) is 38.3 Å². The first-order valence-corrected chi connectivity index (χ1v) is 10.3. The SMILES string of the molecule is CCN1CCc2[nH]cnc2C12CCN(C(=O)Cn1ccc3ccccc31)CC2. The lowest BCUT2D eigenvalue weighted by molar-refractivity contribution is -0.135. The molecule has 0 atom stereocenters. The fourth-order valence-corrected chi connectivity index (χ4v) is 5.19. The summed E-state index contributed by atoms with van der Waals surface area (Å²) in [5.41, 5.74) is 3.60. The van der Waals surface area contributed by atoms with Crippen molar-refractivity contribution in [2.75, 3.05) is 26.2 Å². The topological polar surface area (TPSA) is 57.2 Å². The average molecular weight is 377 g/mol. The molecular formula is C22H27N5O. The van der Waals surface area contributed by atoms with Gasteiger partial charge >= 0.3 is 0 Å². The highest BCUT2D eigenvalue weighted by atomic mass is 16.2. The minimum atomic E-state index is -0.0146. The summed E-state index contributed by atoms with van der Waals surface area (Å²) in [5, 5.41) is 1.18. The predicted octanol–water partition coefficient (Wildman–Crippen LogP) is 2.76. The number of likely N-dealkylation sites (N-methyl/N-ethyl adjacent to an activating group) is 1. The molecule has 1 aromatic carbocycles. The highest BCUT2D eigenvalue weighted by Gasteiger charge is 2.46. The molecule has 0 unspecified atom stereocenters. The number of rotatable bonds is 3. The molecule has 2 aliphatic heterocycles. The van der Waals surface area contributed by atoms with E-state index < -0.39 is 0 Å². The van der Waals surface area contributed by atoms with Gasteiger partial charge in [0.2, 0.25) is 5.91 Å². The zero-order chi connectivity index (χ0) is 19.1. The number of aromatic amines is 1. The van der Waals surface area contributed by atoms with E-state index in [0.29, 0.717) is 6.54 Å². The molecule has 4 heterocycles. The molecule has 6 nitrogen and oxygen atoms in total. The van der Waals surface area contributed by atoms with E-state index >= 15 is 0 Å². The lowest BCUT2D eigenvalue weighted by atomic mass is 9.78. The number of carbonyl (C=O) groups is 1. The van der Waals surface area contributed by atoms with Crippen LogP contribution in [0.3, 0.4) is 0 Å². The van der Waals surface area contributed by atoms with Gasteiger partial charge in [-0.05, 0) is 36.9 Å². The molecule has 1 saturated heterocycles. The first-order chi connectivity index (χ1) is 13.7. The highest BCUT2D eigenvalue weighted by molar-refractivity contribution is 5.83. The number of para-hydroxylation sites is 1. The van der Waals surface area contributed by atoms with E-state index in [0.717, 1.165) is 51.0 Å². The zero-order valence-electron chi connectivity index (χ0n) is 16.4. The first-order valence-electron chi connectivity index (χ1n) is 10.3. The van der Waals surface area contributed by atoms with E-state index in [2.05, 4.69) is 39.6 Å². The number of piperidine rings is 1. The summed E-state index contributed by atoms with van der Waals surface area (Å²) < 4.78 is 2.06. The van der Waals surface area contributed by atoms with Crippen molar-refractivity contribution in [3.05, 3.63) is 54.2 Å². The van der Waals surface area contributed by atoms with Gasteiger partial charge in [0.05, 0.1) is 17.6 Å². The third-order valence-corrected chi connectivity index (χ3v) is 6.71. The van der Waals surface area contributed by atoms with Crippen LogP contribution >= 0.6 is 0 Å². The van der Waals surface area contributed by atoms with Gasteiger partial charge in [0.25, 0.3) is 0 Å². The van der Waals surface area contributed by atoms with Crippen LogP contribution in [0, 0.1) is 0 Å². The Morgan fingerprint density at radius 2 is 2.00 bits per heavy atom. The summed E-state index contributed by atoms with van der Waals surface area (Å²) >= 11 is 0. The Kier molecular flexibility index (Phi) is 4.23. The normalized spacial score (nSPS) is 19.2. The zero-order valence-corrected chi connectivity index (χ0v) is 16.4. The van der Waals surface area contributed by atoms with Crippen molar-refractivity contribution in [1.29, 1.82) is 0 Å². The standard InChI is InChI=1S/C22H27N5O/c1-2-27-12-8-18-21(24-16-23-18)22(27)9-13-25(14-10-22)20(28)15-26-11-7-17-5-3-4-6-19(17)26/h3-7,11,16H,2,8-10,12-15H2,1H3,(H,23,24). The molecule has 1 spiro atoms. The molecule has 0 bridgehead atoms. The van der Waals surface area contributed by atoms with Crippen molar-refractivity contribution in [1.82, 2.24) is 24.3 Å². The number of amides is 1. The molecule has 1 fully saturated rings. The number of nitrogens with one attached hydrogen (secondary N) is 1. The van der Waals surface area contributed by atoms with Crippen molar-refractivity contribution < 1.29 is 4.79 Å². The van der Waals surface area contributed by atoms with Gasteiger partial charge in [-0.3, -0.25) is 9.69 Å². The van der Waals surface area contributed by atoms with Gasteiger partial charge in [-0.25, -0.2) is 4.98 Å². The van der Waals surface area contributed by atoms with Crippen molar-refractivity contribution in [2.24, 2.45) is 0 Å². The summed E-state index contributed by atoms with van der Waals surface area (Å²) in [6.07, 6.45) is 6.80. The minimum Gasteiger partial charge on any atom is -0.348 e.